The first-order chi connectivity index (χ1) is 19.9. The molecule has 2 saturated heterocycles. The van der Waals surface area contributed by atoms with Gasteiger partial charge in [0.15, 0.2) is 6.23 Å². The van der Waals surface area contributed by atoms with E-state index in [9.17, 15) is 27.6 Å². The molecular weight excluding hydrogens is 547 g/mol. The van der Waals surface area contributed by atoms with Gasteiger partial charge in [0.25, 0.3) is 5.91 Å². The number of nitrogens with one attached hydrogen (secondary N) is 1. The molecule has 2 atom stereocenters. The Kier molecular flexibility index (Phi) is 9.53. The van der Waals surface area contributed by atoms with E-state index >= 15 is 0 Å². The maximum Gasteiger partial charge on any atom is 0.416 e. The second kappa shape index (κ2) is 12.8. The molecule has 4 amide bonds. The van der Waals surface area contributed by atoms with E-state index in [4.69, 9.17) is 4.74 Å². The number of rotatable bonds is 9. The summed E-state index contributed by atoms with van der Waals surface area (Å²) in [4.78, 5) is 42.7. The second-order valence-electron chi connectivity index (χ2n) is 11.4. The number of likely N-dealkylation sites (tertiary alicyclic amines) is 2. The Balaban J connectivity index is 1.50. The number of carbonyl (C=O) groups is 3. The van der Waals surface area contributed by atoms with Gasteiger partial charge in [0, 0.05) is 18.7 Å². The SMILES string of the molecule is CCC[C@@H](NC(=O)N1C(=O)C(CC)(CC)[C@@H]1Oc1ccc(C(=O)N2CCC(C)CC2)cc1)c1ccc(C(F)(F)F)cc1. The average molecular weight is 588 g/mol. The summed E-state index contributed by atoms with van der Waals surface area (Å²) in [5.41, 5.74) is -0.602. The van der Waals surface area contributed by atoms with Crippen LogP contribution in [0.15, 0.2) is 48.5 Å². The number of ether oxygens (including phenoxy) is 1. The number of nitrogens with zero attached hydrogens (tertiary/aromatic N) is 2. The molecule has 10 heteroatoms. The first-order valence-corrected chi connectivity index (χ1v) is 14.8. The Hall–Kier alpha value is -3.56. The molecular formula is C32H40F3N3O4. The Morgan fingerprint density at radius 3 is 2.12 bits per heavy atom. The highest BCUT2D eigenvalue weighted by Crippen LogP contribution is 2.46. The smallest absolute Gasteiger partial charge is 0.416 e. The topological polar surface area (TPSA) is 79.0 Å². The third kappa shape index (κ3) is 6.27. The quantitative estimate of drug-likeness (QED) is 0.315. The van der Waals surface area contributed by atoms with Gasteiger partial charge in [-0.1, -0.05) is 46.2 Å². The highest BCUT2D eigenvalue weighted by atomic mass is 19.4. The summed E-state index contributed by atoms with van der Waals surface area (Å²) in [6, 6.07) is 10.2. The average Bonchev–Trinajstić information content (AvgIpc) is 2.97. The lowest BCUT2D eigenvalue weighted by atomic mass is 9.72. The van der Waals surface area contributed by atoms with Gasteiger partial charge in [-0.3, -0.25) is 9.59 Å². The molecule has 2 aliphatic rings. The number of halogens is 3. The minimum atomic E-state index is -4.46. The number of carbonyl (C=O) groups excluding carboxylic acids is 3. The Labute approximate surface area is 245 Å². The number of amides is 4. The molecule has 2 aliphatic heterocycles. The molecule has 0 spiro atoms. The molecule has 7 nitrogen and oxygen atoms in total. The van der Waals surface area contributed by atoms with Gasteiger partial charge >= 0.3 is 12.2 Å². The zero-order valence-electron chi connectivity index (χ0n) is 24.7. The van der Waals surface area contributed by atoms with Crippen molar-refractivity contribution in [1.82, 2.24) is 15.1 Å². The van der Waals surface area contributed by atoms with E-state index in [0.29, 0.717) is 48.5 Å². The summed E-state index contributed by atoms with van der Waals surface area (Å²) in [5.74, 6) is 0.645. The van der Waals surface area contributed by atoms with Crippen LogP contribution in [0.5, 0.6) is 5.75 Å². The third-order valence-electron chi connectivity index (χ3n) is 8.77. The van der Waals surface area contributed by atoms with Crippen molar-refractivity contribution >= 4 is 17.8 Å². The molecule has 0 aromatic heterocycles. The number of β-lactam (4-membered cyclic amide) rings is 1. The fraction of sp³-hybridized carbons (Fsp3) is 0.531. The van der Waals surface area contributed by atoms with E-state index in [0.717, 1.165) is 43.0 Å². The summed E-state index contributed by atoms with van der Waals surface area (Å²) in [6.07, 6.45) is -1.32. The van der Waals surface area contributed by atoms with Crippen molar-refractivity contribution in [1.29, 1.82) is 0 Å². The van der Waals surface area contributed by atoms with Crippen LogP contribution in [0.4, 0.5) is 18.0 Å². The van der Waals surface area contributed by atoms with Gasteiger partial charge in [-0.05, 0) is 80.0 Å². The van der Waals surface area contributed by atoms with Crippen LogP contribution in [0, 0.1) is 11.3 Å². The number of imide groups is 1. The largest absolute Gasteiger partial charge is 0.469 e. The lowest BCUT2D eigenvalue weighted by Crippen LogP contribution is -2.73. The molecule has 0 radical (unpaired) electrons. The minimum Gasteiger partial charge on any atom is -0.469 e. The summed E-state index contributed by atoms with van der Waals surface area (Å²) in [5, 5.41) is 2.84. The molecule has 2 aromatic rings. The fourth-order valence-electron chi connectivity index (χ4n) is 5.83. The summed E-state index contributed by atoms with van der Waals surface area (Å²) in [6.45, 7) is 9.30. The highest BCUT2D eigenvalue weighted by molar-refractivity contribution is 6.03. The summed E-state index contributed by atoms with van der Waals surface area (Å²) < 4.78 is 45.4. The molecule has 2 heterocycles. The van der Waals surface area contributed by atoms with Crippen molar-refractivity contribution < 1.29 is 32.3 Å². The lowest BCUT2D eigenvalue weighted by molar-refractivity contribution is -0.191. The van der Waals surface area contributed by atoms with Crippen LogP contribution >= 0.6 is 0 Å². The van der Waals surface area contributed by atoms with E-state index in [1.54, 1.807) is 24.3 Å². The molecule has 228 valence electrons. The van der Waals surface area contributed by atoms with E-state index in [-0.39, 0.29) is 11.8 Å². The first-order valence-electron chi connectivity index (χ1n) is 14.8. The summed E-state index contributed by atoms with van der Waals surface area (Å²) >= 11 is 0. The normalized spacial score (nSPS) is 19.7. The number of hydrogen-bond acceptors (Lipinski definition) is 4. The molecule has 0 unspecified atom stereocenters. The Bertz CT molecular complexity index is 1250. The van der Waals surface area contributed by atoms with Gasteiger partial charge < -0.3 is 15.0 Å². The van der Waals surface area contributed by atoms with Crippen LogP contribution < -0.4 is 10.1 Å². The fourth-order valence-corrected chi connectivity index (χ4v) is 5.83. The van der Waals surface area contributed by atoms with E-state index in [1.807, 2.05) is 25.7 Å². The van der Waals surface area contributed by atoms with E-state index in [2.05, 4.69) is 12.2 Å². The molecule has 2 fully saturated rings. The zero-order valence-corrected chi connectivity index (χ0v) is 24.7. The van der Waals surface area contributed by atoms with Gasteiger partial charge in [0.2, 0.25) is 5.91 Å². The highest BCUT2D eigenvalue weighted by Gasteiger charge is 2.63. The minimum absolute atomic E-state index is 0.0324. The number of benzene rings is 2. The van der Waals surface area contributed by atoms with Crippen LogP contribution in [-0.4, -0.2) is 47.0 Å². The predicted octanol–water partition coefficient (Wildman–Crippen LogP) is 7.18. The van der Waals surface area contributed by atoms with Crippen molar-refractivity contribution in [2.75, 3.05) is 13.1 Å². The van der Waals surface area contributed by atoms with Crippen molar-refractivity contribution in [3.05, 3.63) is 65.2 Å². The van der Waals surface area contributed by atoms with E-state index in [1.165, 1.54) is 12.1 Å². The van der Waals surface area contributed by atoms with Gasteiger partial charge in [0.1, 0.15) is 11.2 Å². The lowest BCUT2D eigenvalue weighted by Gasteiger charge is -2.53. The van der Waals surface area contributed by atoms with E-state index < -0.39 is 35.5 Å². The van der Waals surface area contributed by atoms with Gasteiger partial charge in [0.05, 0.1) is 11.6 Å². The third-order valence-corrected chi connectivity index (χ3v) is 8.77. The molecule has 1 N–H and O–H groups in total. The molecule has 42 heavy (non-hydrogen) atoms. The monoisotopic (exact) mass is 587 g/mol. The van der Waals surface area contributed by atoms with Crippen LogP contribution in [0.25, 0.3) is 0 Å². The number of piperidine rings is 1. The number of hydrogen-bond donors (Lipinski definition) is 1. The molecule has 0 bridgehead atoms. The van der Waals surface area contributed by atoms with Crippen LogP contribution in [-0.2, 0) is 11.0 Å². The van der Waals surface area contributed by atoms with Crippen molar-refractivity contribution in [2.24, 2.45) is 11.3 Å². The summed E-state index contributed by atoms with van der Waals surface area (Å²) in [7, 11) is 0. The van der Waals surface area contributed by atoms with Crippen LogP contribution in [0.1, 0.15) is 93.7 Å². The standard InChI is InChI=1S/C32H40F3N3O4/c1-5-8-26(22-9-13-24(14-10-22)32(33,34)35)36-30(41)38-28(40)31(6-2,7-3)29(38)42-25-15-11-23(12-16-25)27(39)37-19-17-21(4)18-20-37/h9-16,21,26,29H,5-8,17-20H2,1-4H3,(H,36,41)/t26-,29+/m1/s1. The van der Waals surface area contributed by atoms with Gasteiger partial charge in [-0.15, -0.1) is 0 Å². The molecule has 0 aliphatic carbocycles. The molecule has 0 saturated carbocycles. The predicted molar refractivity (Wildman–Crippen MR) is 153 cm³/mol. The number of alkyl halides is 3. The first kappa shape index (κ1) is 31.4. The number of urea groups is 1. The Morgan fingerprint density at radius 2 is 1.60 bits per heavy atom. The maximum absolute atomic E-state index is 13.5. The van der Waals surface area contributed by atoms with Crippen LogP contribution in [0.3, 0.4) is 0 Å². The van der Waals surface area contributed by atoms with Crippen molar-refractivity contribution in [3.8, 4) is 5.75 Å². The van der Waals surface area contributed by atoms with Crippen LogP contribution in [0.2, 0.25) is 0 Å². The van der Waals surface area contributed by atoms with Gasteiger partial charge in [-0.25, -0.2) is 9.69 Å². The molecule has 4 rings (SSSR count). The molecule has 2 aromatic carbocycles. The Morgan fingerprint density at radius 1 is 1.00 bits per heavy atom. The second-order valence-corrected chi connectivity index (χ2v) is 11.4. The van der Waals surface area contributed by atoms with Crippen molar-refractivity contribution in [2.45, 2.75) is 84.7 Å². The maximum atomic E-state index is 13.5. The van der Waals surface area contributed by atoms with Crippen molar-refractivity contribution in [3.63, 3.8) is 0 Å². The zero-order chi connectivity index (χ0) is 30.7. The van der Waals surface area contributed by atoms with Gasteiger partial charge in [-0.2, -0.15) is 13.2 Å².